The third-order valence-corrected chi connectivity index (χ3v) is 14.1. The number of amides is 1. The van der Waals surface area contributed by atoms with Gasteiger partial charge in [-0.1, -0.05) is 208 Å². The molecule has 0 rings (SSSR count). The predicted molar refractivity (Wildman–Crippen MR) is 289 cm³/mol. The molecule has 0 saturated heterocycles. The largest absolute Gasteiger partial charge is 0.465 e. The van der Waals surface area contributed by atoms with E-state index in [1.807, 2.05) is 0 Å². The number of carbonyl (C=O) groups excluding carboxylic acids is 3. The van der Waals surface area contributed by atoms with Gasteiger partial charge in [-0.25, -0.2) is 0 Å². The van der Waals surface area contributed by atoms with Crippen LogP contribution in [0.1, 0.15) is 291 Å². The summed E-state index contributed by atoms with van der Waals surface area (Å²) in [6.45, 7) is 18.3. The second-order valence-corrected chi connectivity index (χ2v) is 20.9. The number of unbranched alkanes of at least 4 members (excludes halogenated alkanes) is 25. The molecular weight excluding hydrogens is 831 g/mol. The maximum Gasteiger partial charge on any atom is 0.305 e. The minimum Gasteiger partial charge on any atom is -0.465 e. The van der Waals surface area contributed by atoms with Crippen LogP contribution in [0.5, 0.6) is 0 Å². The van der Waals surface area contributed by atoms with Crippen LogP contribution in [0.2, 0.25) is 0 Å². The van der Waals surface area contributed by atoms with Gasteiger partial charge in [0.1, 0.15) is 0 Å². The van der Waals surface area contributed by atoms with Gasteiger partial charge in [-0.3, -0.25) is 14.4 Å². The summed E-state index contributed by atoms with van der Waals surface area (Å²) < 4.78 is 11.8. The van der Waals surface area contributed by atoms with Gasteiger partial charge in [0, 0.05) is 38.9 Å². The van der Waals surface area contributed by atoms with Gasteiger partial charge in [0.25, 0.3) is 0 Å². The summed E-state index contributed by atoms with van der Waals surface area (Å²) >= 11 is 0. The maximum atomic E-state index is 12.9. The Hall–Kier alpha value is -1.67. The highest BCUT2D eigenvalue weighted by Crippen LogP contribution is 2.22. The van der Waals surface area contributed by atoms with Gasteiger partial charge < -0.3 is 24.6 Å². The van der Waals surface area contributed by atoms with Crippen molar-refractivity contribution in [3.8, 4) is 0 Å². The Morgan fingerprint density at radius 2 is 0.716 bits per heavy atom. The van der Waals surface area contributed by atoms with Crippen molar-refractivity contribution < 1.29 is 23.9 Å². The lowest BCUT2D eigenvalue weighted by atomic mass is 9.95. The number of carbonyl (C=O) groups is 3. The maximum absolute atomic E-state index is 12.9. The van der Waals surface area contributed by atoms with Crippen LogP contribution < -0.4 is 5.32 Å². The van der Waals surface area contributed by atoms with Crippen LogP contribution in [0, 0.1) is 11.8 Å². The first-order valence-electron chi connectivity index (χ1n) is 29.8. The normalized spacial score (nSPS) is 12.5. The number of rotatable bonds is 54. The molecule has 0 heterocycles. The molecule has 398 valence electrons. The van der Waals surface area contributed by atoms with E-state index in [1.165, 1.54) is 180 Å². The molecule has 0 spiro atoms. The molecule has 1 N–H and O–H groups in total. The van der Waals surface area contributed by atoms with Crippen LogP contribution in [-0.2, 0) is 23.9 Å². The molecule has 0 aliphatic heterocycles. The quantitative estimate of drug-likeness (QED) is 0.0480. The highest BCUT2D eigenvalue weighted by atomic mass is 16.5. The Balaban J connectivity index is 4.90. The summed E-state index contributed by atoms with van der Waals surface area (Å²) in [6.07, 6.45) is 46.6. The smallest absolute Gasteiger partial charge is 0.305 e. The lowest BCUT2D eigenvalue weighted by molar-refractivity contribution is -0.146. The van der Waals surface area contributed by atoms with E-state index in [2.05, 4.69) is 56.8 Å². The fourth-order valence-electron chi connectivity index (χ4n) is 9.39. The zero-order chi connectivity index (χ0) is 49.1. The number of hydrogen-bond donors (Lipinski definition) is 1. The van der Waals surface area contributed by atoms with Crippen LogP contribution in [0.15, 0.2) is 0 Å². The Labute approximate surface area is 418 Å². The molecule has 0 aliphatic carbocycles. The molecule has 0 fully saturated rings. The molecule has 2 atom stereocenters. The number of esters is 2. The monoisotopic (exact) mass is 948 g/mol. The van der Waals surface area contributed by atoms with Gasteiger partial charge in [-0.05, 0) is 103 Å². The van der Waals surface area contributed by atoms with E-state index in [-0.39, 0.29) is 17.8 Å². The van der Waals surface area contributed by atoms with E-state index < -0.39 is 0 Å². The van der Waals surface area contributed by atoms with E-state index in [9.17, 15) is 14.4 Å². The van der Waals surface area contributed by atoms with E-state index in [1.54, 1.807) is 0 Å². The fraction of sp³-hybridized carbons (Fsp3) is 0.949. The minimum atomic E-state index is -0.0163. The third-order valence-electron chi connectivity index (χ3n) is 14.1. The van der Waals surface area contributed by atoms with E-state index in [0.29, 0.717) is 44.3 Å². The van der Waals surface area contributed by atoms with E-state index in [0.717, 1.165) is 97.1 Å². The lowest BCUT2D eigenvalue weighted by Crippen LogP contribution is -2.36. The Kier molecular flexibility index (Phi) is 50.9. The van der Waals surface area contributed by atoms with Crippen molar-refractivity contribution in [2.75, 3.05) is 59.5 Å². The summed E-state index contributed by atoms with van der Waals surface area (Å²) in [6, 6.07) is 0. The number of likely N-dealkylation sites (N-methyl/N-ethyl adjacent to an activating group) is 1. The summed E-state index contributed by atoms with van der Waals surface area (Å²) in [4.78, 5) is 43.0. The molecule has 8 heteroatoms. The van der Waals surface area contributed by atoms with Crippen LogP contribution >= 0.6 is 0 Å². The topological polar surface area (TPSA) is 88.2 Å². The number of hydrogen-bond acceptors (Lipinski definition) is 7. The predicted octanol–water partition coefficient (Wildman–Crippen LogP) is 16.4. The first kappa shape index (κ1) is 65.3. The average Bonchev–Trinajstić information content (AvgIpc) is 3.32. The van der Waals surface area contributed by atoms with Crippen molar-refractivity contribution in [3.63, 3.8) is 0 Å². The van der Waals surface area contributed by atoms with Crippen molar-refractivity contribution in [2.45, 2.75) is 291 Å². The van der Waals surface area contributed by atoms with Gasteiger partial charge in [0.05, 0.1) is 13.2 Å². The second-order valence-electron chi connectivity index (χ2n) is 20.9. The Morgan fingerprint density at radius 3 is 1.13 bits per heavy atom. The zero-order valence-electron chi connectivity index (χ0n) is 46.0. The van der Waals surface area contributed by atoms with Crippen LogP contribution in [0.4, 0.5) is 0 Å². The fourth-order valence-corrected chi connectivity index (χ4v) is 9.39. The summed E-state index contributed by atoms with van der Waals surface area (Å²) in [5.74, 6) is 1.18. The molecule has 0 aliphatic rings. The zero-order valence-corrected chi connectivity index (χ0v) is 46.0. The number of nitrogens with one attached hydrogen (secondary N) is 1. The molecule has 2 unspecified atom stereocenters. The molecule has 0 aromatic rings. The highest BCUT2D eigenvalue weighted by Gasteiger charge is 2.15. The first-order chi connectivity index (χ1) is 32.8. The van der Waals surface area contributed by atoms with Gasteiger partial charge in [0.2, 0.25) is 5.91 Å². The van der Waals surface area contributed by atoms with Gasteiger partial charge in [-0.2, -0.15) is 0 Å². The van der Waals surface area contributed by atoms with Crippen LogP contribution in [-0.4, -0.2) is 87.2 Å². The van der Waals surface area contributed by atoms with Crippen molar-refractivity contribution in [3.05, 3.63) is 0 Å². The van der Waals surface area contributed by atoms with Crippen LogP contribution in [0.3, 0.4) is 0 Å². The molecule has 0 radical (unpaired) electrons. The molecular formula is C59H117N3O5. The molecule has 0 aromatic carbocycles. The summed E-state index contributed by atoms with van der Waals surface area (Å²) in [5, 5.41) is 3.14. The highest BCUT2D eigenvalue weighted by molar-refractivity contribution is 5.75. The third kappa shape index (κ3) is 47.8. The molecule has 0 bridgehead atoms. The molecule has 0 saturated carbocycles. The van der Waals surface area contributed by atoms with E-state index >= 15 is 0 Å². The number of nitrogens with zero attached hydrogens (tertiary/aromatic N) is 2. The minimum absolute atomic E-state index is 0.0163. The van der Waals surface area contributed by atoms with E-state index in [4.69, 9.17) is 9.47 Å². The Morgan fingerprint density at radius 1 is 0.373 bits per heavy atom. The first-order valence-corrected chi connectivity index (χ1v) is 29.8. The van der Waals surface area contributed by atoms with Crippen molar-refractivity contribution in [1.29, 1.82) is 0 Å². The van der Waals surface area contributed by atoms with Gasteiger partial charge in [0.15, 0.2) is 0 Å². The molecule has 8 nitrogen and oxygen atoms in total. The second kappa shape index (κ2) is 52.2. The van der Waals surface area contributed by atoms with Crippen molar-refractivity contribution in [1.82, 2.24) is 15.1 Å². The molecule has 0 aromatic heterocycles. The van der Waals surface area contributed by atoms with Gasteiger partial charge >= 0.3 is 11.9 Å². The molecule has 1 amide bonds. The van der Waals surface area contributed by atoms with Crippen LogP contribution in [0.25, 0.3) is 0 Å². The SMILES string of the molecule is CCCCCCCCC(=O)NCCCN(C)CCN(CCCCCC(=O)OCC(CCCCCC)CCCCCCCC)CCCCCC(=O)OCC(CCCCCC)CCCCCCCC. The van der Waals surface area contributed by atoms with Crippen molar-refractivity contribution >= 4 is 17.8 Å². The lowest BCUT2D eigenvalue weighted by Gasteiger charge is -2.25. The summed E-state index contributed by atoms with van der Waals surface area (Å²) in [5.41, 5.74) is 0. The van der Waals surface area contributed by atoms with Gasteiger partial charge in [-0.15, -0.1) is 0 Å². The summed E-state index contributed by atoms with van der Waals surface area (Å²) in [7, 11) is 2.19. The average molecular weight is 949 g/mol. The Bertz CT molecular complexity index is 1000. The van der Waals surface area contributed by atoms with Crippen molar-refractivity contribution in [2.24, 2.45) is 11.8 Å². The molecule has 67 heavy (non-hydrogen) atoms. The standard InChI is InChI=1S/C59H117N3O5/c1-7-12-17-22-25-32-42-55(40-30-20-15-10-4)53-66-58(64)45-35-28-37-49-62(52-51-61(6)48-39-47-60-57(63)44-34-27-24-19-14-9-3)50-38-29-36-46-59(65)67-54-56(41-31-21-16-11-5)43-33-26-23-18-13-8-2/h55-56H,7-54H2,1-6H3,(H,60,63). The number of ether oxygens (including phenoxy) is 2.